The van der Waals surface area contributed by atoms with E-state index in [2.05, 4.69) is 26.1 Å². The highest BCUT2D eigenvalue weighted by Crippen LogP contribution is 2.25. The number of unbranched alkanes of at least 4 members (excludes halogenated alkanes) is 1. The number of ether oxygens (including phenoxy) is 1. The van der Waals surface area contributed by atoms with Crippen LogP contribution in [0.1, 0.15) is 56.2 Å². The van der Waals surface area contributed by atoms with Gasteiger partial charge < -0.3 is 15.0 Å². The quantitative estimate of drug-likeness (QED) is 0.230. The van der Waals surface area contributed by atoms with Crippen molar-refractivity contribution in [3.8, 4) is 5.75 Å². The maximum absolute atomic E-state index is 13.7. The third kappa shape index (κ3) is 8.78. The first-order valence-corrected chi connectivity index (χ1v) is 13.8. The highest BCUT2D eigenvalue weighted by atomic mass is 35.5. The van der Waals surface area contributed by atoms with Crippen LogP contribution >= 0.6 is 23.2 Å². The molecule has 0 fully saturated rings. The lowest BCUT2D eigenvalue weighted by Gasteiger charge is -2.31. The molecule has 1 N–H and O–H groups in total. The van der Waals surface area contributed by atoms with Crippen molar-refractivity contribution in [2.75, 3.05) is 13.2 Å². The van der Waals surface area contributed by atoms with Crippen molar-refractivity contribution in [1.82, 2.24) is 10.2 Å². The van der Waals surface area contributed by atoms with E-state index in [4.69, 9.17) is 27.9 Å². The first-order valence-electron chi connectivity index (χ1n) is 13.1. The number of amides is 2. The van der Waals surface area contributed by atoms with E-state index in [0.717, 1.165) is 24.0 Å². The van der Waals surface area contributed by atoms with Gasteiger partial charge in [0.05, 0.1) is 10.0 Å². The van der Waals surface area contributed by atoms with Gasteiger partial charge in [-0.15, -0.1) is 0 Å². The molecule has 3 aromatic rings. The van der Waals surface area contributed by atoms with Crippen LogP contribution in [0.3, 0.4) is 0 Å². The van der Waals surface area contributed by atoms with Crippen molar-refractivity contribution in [1.29, 1.82) is 0 Å². The molecule has 3 rings (SSSR count). The second kappa shape index (κ2) is 14.8. The fourth-order valence-corrected chi connectivity index (χ4v) is 4.39. The molecule has 202 valence electrons. The van der Waals surface area contributed by atoms with Gasteiger partial charge in [-0.2, -0.15) is 0 Å². The third-order valence-electron chi connectivity index (χ3n) is 6.35. The summed E-state index contributed by atoms with van der Waals surface area (Å²) in [6.07, 6.45) is 2.19. The summed E-state index contributed by atoms with van der Waals surface area (Å²) in [4.78, 5) is 28.7. The zero-order valence-electron chi connectivity index (χ0n) is 22.3. The monoisotopic (exact) mass is 554 g/mol. The van der Waals surface area contributed by atoms with Crippen LogP contribution < -0.4 is 10.1 Å². The molecular weight excluding hydrogens is 519 g/mol. The number of benzene rings is 3. The maximum Gasteiger partial charge on any atom is 0.261 e. The van der Waals surface area contributed by atoms with Gasteiger partial charge in [-0.1, -0.05) is 98.9 Å². The molecule has 0 aliphatic carbocycles. The number of carbonyl (C=O) groups is 2. The Morgan fingerprint density at radius 2 is 1.63 bits per heavy atom. The summed E-state index contributed by atoms with van der Waals surface area (Å²) in [5.74, 6) is 0.508. The Hall–Kier alpha value is -3.02. The van der Waals surface area contributed by atoms with E-state index < -0.39 is 6.04 Å². The van der Waals surface area contributed by atoms with Gasteiger partial charge >= 0.3 is 0 Å². The minimum atomic E-state index is -0.733. The first-order chi connectivity index (χ1) is 18.3. The zero-order chi connectivity index (χ0) is 27.5. The van der Waals surface area contributed by atoms with Gasteiger partial charge in [0.2, 0.25) is 5.91 Å². The number of carbonyl (C=O) groups excluding carboxylic acids is 2. The Morgan fingerprint density at radius 1 is 0.921 bits per heavy atom. The van der Waals surface area contributed by atoms with E-state index in [-0.39, 0.29) is 25.0 Å². The highest BCUT2D eigenvalue weighted by molar-refractivity contribution is 6.42. The molecular formula is C31H36Cl2N2O3. The molecule has 0 saturated heterocycles. The van der Waals surface area contributed by atoms with Crippen molar-refractivity contribution < 1.29 is 14.3 Å². The summed E-state index contributed by atoms with van der Waals surface area (Å²) >= 11 is 12.4. The van der Waals surface area contributed by atoms with Crippen molar-refractivity contribution in [2.45, 2.75) is 58.5 Å². The SMILES string of the molecule is CCCCNC(=O)[C@H](Cc1ccccc1)N(Cc1ccc(Cl)c(Cl)c1)C(=O)COc1ccc(C(C)C)cc1. The van der Waals surface area contributed by atoms with Crippen LogP contribution in [0, 0.1) is 0 Å². The molecule has 38 heavy (non-hydrogen) atoms. The van der Waals surface area contributed by atoms with Crippen LogP contribution in [0.25, 0.3) is 0 Å². The van der Waals surface area contributed by atoms with E-state index in [1.165, 1.54) is 5.56 Å². The van der Waals surface area contributed by atoms with Gasteiger partial charge in [0.25, 0.3) is 5.91 Å². The lowest BCUT2D eigenvalue weighted by molar-refractivity contribution is -0.142. The molecule has 0 bridgehead atoms. The largest absolute Gasteiger partial charge is 0.484 e. The van der Waals surface area contributed by atoms with E-state index >= 15 is 0 Å². The number of hydrogen-bond donors (Lipinski definition) is 1. The Balaban J connectivity index is 1.88. The summed E-state index contributed by atoms with van der Waals surface area (Å²) in [5.41, 5.74) is 2.92. The second-order valence-electron chi connectivity index (χ2n) is 9.63. The average molecular weight is 556 g/mol. The van der Waals surface area contributed by atoms with Crippen LogP contribution in [-0.2, 0) is 22.6 Å². The zero-order valence-corrected chi connectivity index (χ0v) is 23.8. The number of hydrogen-bond acceptors (Lipinski definition) is 3. The number of halogens is 2. The van der Waals surface area contributed by atoms with Gasteiger partial charge in [0.1, 0.15) is 11.8 Å². The molecule has 0 saturated carbocycles. The molecule has 0 spiro atoms. The molecule has 0 aromatic heterocycles. The summed E-state index contributed by atoms with van der Waals surface area (Å²) in [6.45, 7) is 6.85. The lowest BCUT2D eigenvalue weighted by atomic mass is 10.0. The van der Waals surface area contributed by atoms with Crippen LogP contribution in [0.4, 0.5) is 0 Å². The molecule has 3 aromatic carbocycles. The van der Waals surface area contributed by atoms with Crippen molar-refractivity contribution in [2.24, 2.45) is 0 Å². The highest BCUT2D eigenvalue weighted by Gasteiger charge is 2.30. The Morgan fingerprint density at radius 3 is 2.26 bits per heavy atom. The first kappa shape index (κ1) is 29.5. The van der Waals surface area contributed by atoms with Gasteiger partial charge in [-0.25, -0.2) is 0 Å². The van der Waals surface area contributed by atoms with Crippen molar-refractivity contribution in [3.05, 3.63) is 99.5 Å². The van der Waals surface area contributed by atoms with Crippen LogP contribution in [0.15, 0.2) is 72.8 Å². The second-order valence-corrected chi connectivity index (χ2v) is 10.4. The van der Waals surface area contributed by atoms with E-state index in [1.807, 2.05) is 60.7 Å². The predicted octanol–water partition coefficient (Wildman–Crippen LogP) is 7.05. The molecule has 7 heteroatoms. The number of nitrogens with one attached hydrogen (secondary N) is 1. The van der Waals surface area contributed by atoms with E-state index in [1.54, 1.807) is 17.0 Å². The maximum atomic E-state index is 13.7. The lowest BCUT2D eigenvalue weighted by Crippen LogP contribution is -2.51. The molecule has 0 unspecified atom stereocenters. The number of rotatable bonds is 13. The third-order valence-corrected chi connectivity index (χ3v) is 7.09. The summed E-state index contributed by atoms with van der Waals surface area (Å²) in [7, 11) is 0. The average Bonchev–Trinajstić information content (AvgIpc) is 2.92. The molecule has 1 atom stereocenters. The van der Waals surface area contributed by atoms with Gasteiger partial charge in [0.15, 0.2) is 6.61 Å². The molecule has 0 aliphatic rings. The summed E-state index contributed by atoms with van der Waals surface area (Å²) in [5, 5.41) is 3.84. The normalized spacial score (nSPS) is 11.7. The van der Waals surface area contributed by atoms with Gasteiger partial charge in [-0.3, -0.25) is 9.59 Å². The van der Waals surface area contributed by atoms with Crippen molar-refractivity contribution >= 4 is 35.0 Å². The summed E-state index contributed by atoms with van der Waals surface area (Å²) < 4.78 is 5.87. The van der Waals surface area contributed by atoms with E-state index in [9.17, 15) is 9.59 Å². The standard InChI is InChI=1S/C31H36Cl2N2O3/c1-4-5-17-34-31(37)29(19-23-9-7-6-8-10-23)35(20-24-11-16-27(32)28(33)18-24)30(36)21-38-26-14-12-25(13-15-26)22(2)3/h6-16,18,22,29H,4-5,17,19-21H2,1-3H3,(H,34,37)/t29-/m0/s1. The Bertz CT molecular complexity index is 1180. The number of nitrogens with zero attached hydrogens (tertiary/aromatic N) is 1. The fraction of sp³-hybridized carbons (Fsp3) is 0.355. The Kier molecular flexibility index (Phi) is 11.5. The van der Waals surface area contributed by atoms with Crippen LogP contribution in [0.5, 0.6) is 5.75 Å². The van der Waals surface area contributed by atoms with Gasteiger partial charge in [0, 0.05) is 19.5 Å². The molecule has 0 radical (unpaired) electrons. The van der Waals surface area contributed by atoms with Gasteiger partial charge in [-0.05, 0) is 53.3 Å². The molecule has 0 aliphatic heterocycles. The van der Waals surface area contributed by atoms with Crippen LogP contribution in [-0.4, -0.2) is 35.9 Å². The molecule has 0 heterocycles. The van der Waals surface area contributed by atoms with Crippen LogP contribution in [0.2, 0.25) is 10.0 Å². The predicted molar refractivity (Wildman–Crippen MR) is 155 cm³/mol. The summed E-state index contributed by atoms with van der Waals surface area (Å²) in [6, 6.07) is 21.9. The van der Waals surface area contributed by atoms with E-state index in [0.29, 0.717) is 34.7 Å². The topological polar surface area (TPSA) is 58.6 Å². The minimum absolute atomic E-state index is 0.185. The molecule has 2 amide bonds. The molecule has 5 nitrogen and oxygen atoms in total. The Labute approximate surface area is 236 Å². The smallest absolute Gasteiger partial charge is 0.261 e. The minimum Gasteiger partial charge on any atom is -0.484 e. The fourth-order valence-electron chi connectivity index (χ4n) is 4.07. The van der Waals surface area contributed by atoms with Crippen molar-refractivity contribution in [3.63, 3.8) is 0 Å².